The van der Waals surface area contributed by atoms with E-state index in [1.807, 2.05) is 0 Å². The second-order valence-electron chi connectivity index (χ2n) is 3.08. The number of rotatable bonds is 5. The van der Waals surface area contributed by atoms with E-state index in [0.717, 1.165) is 23.9 Å². The third kappa shape index (κ3) is 3.93. The van der Waals surface area contributed by atoms with Gasteiger partial charge >= 0.3 is 11.8 Å². The molecule has 0 spiro atoms. The minimum absolute atomic E-state index is 0.121. The van der Waals surface area contributed by atoms with Crippen molar-refractivity contribution in [2.75, 3.05) is 19.6 Å². The molecule has 0 aliphatic heterocycles. The predicted molar refractivity (Wildman–Crippen MR) is 74.5 cm³/mol. The van der Waals surface area contributed by atoms with Crippen LogP contribution in [0.2, 0.25) is 0 Å². The van der Waals surface area contributed by atoms with Crippen molar-refractivity contribution in [3.05, 3.63) is 28.3 Å². The fraction of sp³-hybridized carbons (Fsp3) is 0.300. The normalized spacial score (nSPS) is 9.84. The van der Waals surface area contributed by atoms with Gasteiger partial charge in [-0.1, -0.05) is 0 Å². The van der Waals surface area contributed by atoms with Gasteiger partial charge < -0.3 is 9.47 Å². The van der Waals surface area contributed by atoms with E-state index in [9.17, 15) is 14.9 Å². The maximum absolute atomic E-state index is 11.7. The van der Waals surface area contributed by atoms with Gasteiger partial charge in [0.25, 0.3) is 0 Å². The van der Waals surface area contributed by atoms with Gasteiger partial charge in [-0.2, -0.15) is 3.71 Å². The van der Waals surface area contributed by atoms with Crippen LogP contribution in [0.3, 0.4) is 0 Å². The van der Waals surface area contributed by atoms with Crippen molar-refractivity contribution < 1.29 is 19.2 Å². The zero-order valence-electron chi connectivity index (χ0n) is 10.5. The standard InChI is InChI=1S/C10H12N2O5S2/c1-16-7-4-5-9(8(6-7)11(14)15)17-10(13)12(18-2)19-3/h4-6H,1-3H3. The molecule has 0 saturated carbocycles. The van der Waals surface area contributed by atoms with Crippen molar-refractivity contribution in [1.82, 2.24) is 3.71 Å². The van der Waals surface area contributed by atoms with E-state index in [1.165, 1.54) is 29.0 Å². The molecule has 0 radical (unpaired) electrons. The lowest BCUT2D eigenvalue weighted by molar-refractivity contribution is -0.385. The molecule has 0 saturated heterocycles. The van der Waals surface area contributed by atoms with Crippen molar-refractivity contribution in [2.24, 2.45) is 0 Å². The largest absolute Gasteiger partial charge is 0.496 e. The minimum Gasteiger partial charge on any atom is -0.496 e. The predicted octanol–water partition coefficient (Wildman–Crippen LogP) is 2.96. The van der Waals surface area contributed by atoms with Gasteiger partial charge in [0, 0.05) is 12.5 Å². The Hall–Kier alpha value is -1.61. The van der Waals surface area contributed by atoms with Crippen LogP contribution in [0.1, 0.15) is 0 Å². The van der Waals surface area contributed by atoms with Crippen LogP contribution in [0.15, 0.2) is 18.2 Å². The maximum atomic E-state index is 11.7. The van der Waals surface area contributed by atoms with Gasteiger partial charge in [0.15, 0.2) is 0 Å². The number of nitro benzene ring substituents is 1. The van der Waals surface area contributed by atoms with E-state index in [4.69, 9.17) is 9.47 Å². The second kappa shape index (κ2) is 7.10. The zero-order valence-corrected chi connectivity index (χ0v) is 12.1. The molecule has 0 aromatic heterocycles. The van der Waals surface area contributed by atoms with E-state index >= 15 is 0 Å². The molecule has 0 fully saturated rings. The molecule has 9 heteroatoms. The number of carbonyl (C=O) groups excluding carboxylic acids is 1. The van der Waals surface area contributed by atoms with Crippen LogP contribution >= 0.6 is 23.9 Å². The average Bonchev–Trinajstić information content (AvgIpc) is 2.40. The highest BCUT2D eigenvalue weighted by molar-refractivity contribution is 8.12. The summed E-state index contributed by atoms with van der Waals surface area (Å²) in [6, 6.07) is 4.01. The van der Waals surface area contributed by atoms with Gasteiger partial charge in [-0.3, -0.25) is 10.1 Å². The molecule has 1 amide bonds. The zero-order chi connectivity index (χ0) is 14.4. The van der Waals surface area contributed by atoms with E-state index in [1.54, 1.807) is 12.5 Å². The lowest BCUT2D eigenvalue weighted by Gasteiger charge is -2.15. The Morgan fingerprint density at radius 3 is 2.47 bits per heavy atom. The Morgan fingerprint density at radius 1 is 1.37 bits per heavy atom. The molecule has 0 N–H and O–H groups in total. The van der Waals surface area contributed by atoms with E-state index < -0.39 is 11.0 Å². The second-order valence-corrected chi connectivity index (χ2v) is 4.77. The molecule has 0 bridgehead atoms. The average molecular weight is 304 g/mol. The number of methoxy groups -OCH3 is 1. The molecule has 0 aliphatic carbocycles. The summed E-state index contributed by atoms with van der Waals surface area (Å²) in [6.07, 6.45) is 2.70. The third-order valence-electron chi connectivity index (χ3n) is 2.04. The number of hydrogen-bond donors (Lipinski definition) is 0. The molecule has 7 nitrogen and oxygen atoms in total. The molecule has 1 aromatic rings. The monoisotopic (exact) mass is 304 g/mol. The molecule has 1 rings (SSSR count). The van der Waals surface area contributed by atoms with Crippen molar-refractivity contribution >= 4 is 35.7 Å². The SMILES string of the molecule is COc1ccc(OC(=O)N(SC)SC)c([N+](=O)[O-])c1. The molecule has 0 heterocycles. The lowest BCUT2D eigenvalue weighted by Crippen LogP contribution is -2.21. The molecular weight excluding hydrogens is 292 g/mol. The molecular formula is C10H12N2O5S2. The van der Waals surface area contributed by atoms with Crippen molar-refractivity contribution in [3.8, 4) is 11.5 Å². The summed E-state index contributed by atoms with van der Waals surface area (Å²) >= 11 is 2.29. The Labute approximate surface area is 118 Å². The molecule has 104 valence electrons. The van der Waals surface area contributed by atoms with Crippen LogP contribution in [0.4, 0.5) is 10.5 Å². The molecule has 19 heavy (non-hydrogen) atoms. The van der Waals surface area contributed by atoms with Crippen molar-refractivity contribution in [1.29, 1.82) is 0 Å². The summed E-state index contributed by atoms with van der Waals surface area (Å²) in [7, 11) is 1.40. The Bertz CT molecular complexity index is 479. The van der Waals surface area contributed by atoms with Crippen LogP contribution in [-0.2, 0) is 0 Å². The van der Waals surface area contributed by atoms with Gasteiger partial charge in [-0.15, -0.1) is 0 Å². The molecule has 0 aliphatic rings. The first-order valence-electron chi connectivity index (χ1n) is 4.96. The number of nitrogens with zero attached hydrogens (tertiary/aromatic N) is 2. The highest BCUT2D eigenvalue weighted by Crippen LogP contribution is 2.32. The van der Waals surface area contributed by atoms with Crippen LogP contribution in [0.5, 0.6) is 11.5 Å². The summed E-state index contributed by atoms with van der Waals surface area (Å²) in [6.45, 7) is 0. The Morgan fingerprint density at radius 2 is 2.00 bits per heavy atom. The smallest absolute Gasteiger partial charge is 0.436 e. The van der Waals surface area contributed by atoms with Gasteiger partial charge in [0.05, 0.1) is 18.1 Å². The molecule has 1 aromatic carbocycles. The molecule has 0 unspecified atom stereocenters. The summed E-state index contributed by atoms with van der Waals surface area (Å²) in [4.78, 5) is 22.0. The Kier molecular flexibility index (Phi) is 5.77. The van der Waals surface area contributed by atoms with Crippen LogP contribution in [0, 0.1) is 10.1 Å². The van der Waals surface area contributed by atoms with Crippen LogP contribution < -0.4 is 9.47 Å². The fourth-order valence-corrected chi connectivity index (χ4v) is 2.18. The quantitative estimate of drug-likeness (QED) is 0.470. The van der Waals surface area contributed by atoms with Gasteiger partial charge in [-0.05, 0) is 36.0 Å². The minimum atomic E-state index is -0.687. The topological polar surface area (TPSA) is 81.9 Å². The fourth-order valence-electron chi connectivity index (χ4n) is 1.21. The van der Waals surface area contributed by atoms with Crippen LogP contribution in [0.25, 0.3) is 0 Å². The van der Waals surface area contributed by atoms with Gasteiger partial charge in [0.2, 0.25) is 5.75 Å². The first-order valence-corrected chi connectivity index (χ1v) is 7.32. The summed E-state index contributed by atoms with van der Waals surface area (Å²) < 4.78 is 11.1. The summed E-state index contributed by atoms with van der Waals surface area (Å²) in [5.74, 6) is 0.196. The van der Waals surface area contributed by atoms with Crippen molar-refractivity contribution in [2.45, 2.75) is 0 Å². The number of nitro groups is 1. The third-order valence-corrected chi connectivity index (χ3v) is 3.90. The van der Waals surface area contributed by atoms with Crippen LogP contribution in [-0.4, -0.2) is 34.3 Å². The Balaban J connectivity index is 3.00. The summed E-state index contributed by atoms with van der Waals surface area (Å²) in [5, 5.41) is 10.9. The van der Waals surface area contributed by atoms with E-state index in [0.29, 0.717) is 5.75 Å². The first kappa shape index (κ1) is 15.4. The highest BCUT2D eigenvalue weighted by atomic mass is 32.2. The number of hydrogen-bond acceptors (Lipinski definition) is 7. The number of benzene rings is 1. The maximum Gasteiger partial charge on any atom is 0.436 e. The molecule has 0 atom stereocenters. The van der Waals surface area contributed by atoms with Gasteiger partial charge in [0.1, 0.15) is 5.75 Å². The summed E-state index contributed by atoms with van der Waals surface area (Å²) in [5.41, 5.74) is -0.324. The van der Waals surface area contributed by atoms with Crippen molar-refractivity contribution in [3.63, 3.8) is 0 Å². The highest BCUT2D eigenvalue weighted by Gasteiger charge is 2.22. The first-order chi connectivity index (χ1) is 9.03. The van der Waals surface area contributed by atoms with Gasteiger partial charge in [-0.25, -0.2) is 4.79 Å². The number of ether oxygens (including phenoxy) is 2. The van der Waals surface area contributed by atoms with E-state index in [-0.39, 0.29) is 11.4 Å². The lowest BCUT2D eigenvalue weighted by atomic mass is 10.3. The number of amides is 1. The number of carbonyl (C=O) groups is 1. The van der Waals surface area contributed by atoms with E-state index in [2.05, 4.69) is 0 Å².